The van der Waals surface area contributed by atoms with Crippen molar-refractivity contribution in [2.24, 2.45) is 5.92 Å². The van der Waals surface area contributed by atoms with Crippen LogP contribution >= 0.6 is 11.6 Å². The first-order valence-electron chi connectivity index (χ1n) is 7.33. The predicted octanol–water partition coefficient (Wildman–Crippen LogP) is 3.09. The zero-order valence-corrected chi connectivity index (χ0v) is 14.0. The number of amides is 2. The normalized spacial score (nSPS) is 10.6. The van der Waals surface area contributed by atoms with E-state index < -0.39 is 0 Å². The van der Waals surface area contributed by atoms with Crippen molar-refractivity contribution in [1.82, 2.24) is 5.32 Å². The highest BCUT2D eigenvalue weighted by molar-refractivity contribution is 6.34. The lowest BCUT2D eigenvalue weighted by atomic mass is 10.1. The smallest absolute Gasteiger partial charge is 0.251 e. The Morgan fingerprint density at radius 1 is 1.32 bits per heavy atom. The SMILES string of the molecule is CNC(=O)c1ccc(NC(=O)COCCCC(C)C)c(Cl)c1. The lowest BCUT2D eigenvalue weighted by molar-refractivity contribution is -0.120. The van der Waals surface area contributed by atoms with Gasteiger partial charge in [-0.05, 0) is 37.0 Å². The van der Waals surface area contributed by atoms with E-state index >= 15 is 0 Å². The molecule has 1 rings (SSSR count). The number of carbonyl (C=O) groups excluding carboxylic acids is 2. The van der Waals surface area contributed by atoms with Crippen LogP contribution in [-0.2, 0) is 9.53 Å². The molecular weight excluding hydrogens is 304 g/mol. The van der Waals surface area contributed by atoms with E-state index in [1.807, 2.05) is 0 Å². The lowest BCUT2D eigenvalue weighted by Gasteiger charge is -2.09. The van der Waals surface area contributed by atoms with Gasteiger partial charge in [0.15, 0.2) is 0 Å². The van der Waals surface area contributed by atoms with E-state index in [-0.39, 0.29) is 18.4 Å². The maximum atomic E-state index is 11.8. The molecule has 0 bridgehead atoms. The summed E-state index contributed by atoms with van der Waals surface area (Å²) in [5, 5.41) is 5.49. The molecule has 0 heterocycles. The standard InChI is InChI=1S/C16H23ClN2O3/c1-11(2)5-4-8-22-10-15(20)19-14-7-6-12(9-13(14)17)16(21)18-3/h6-7,9,11H,4-5,8,10H2,1-3H3,(H,18,21)(H,19,20). The van der Waals surface area contributed by atoms with Gasteiger partial charge in [0, 0.05) is 19.2 Å². The molecule has 0 spiro atoms. The molecule has 0 atom stereocenters. The Kier molecular flexibility index (Phi) is 7.91. The molecule has 1 aromatic rings. The van der Waals surface area contributed by atoms with E-state index in [0.29, 0.717) is 28.8 Å². The second kappa shape index (κ2) is 9.43. The highest BCUT2D eigenvalue weighted by Crippen LogP contribution is 2.23. The van der Waals surface area contributed by atoms with Gasteiger partial charge >= 0.3 is 0 Å². The van der Waals surface area contributed by atoms with Crippen molar-refractivity contribution in [2.45, 2.75) is 26.7 Å². The van der Waals surface area contributed by atoms with Crippen LogP contribution in [0.3, 0.4) is 0 Å². The van der Waals surface area contributed by atoms with Gasteiger partial charge in [0.05, 0.1) is 10.7 Å². The van der Waals surface area contributed by atoms with Crippen molar-refractivity contribution in [2.75, 3.05) is 25.6 Å². The fourth-order valence-electron chi connectivity index (χ4n) is 1.85. The fourth-order valence-corrected chi connectivity index (χ4v) is 2.07. The molecule has 0 aliphatic rings. The summed E-state index contributed by atoms with van der Waals surface area (Å²) in [6.07, 6.45) is 2.01. The Hall–Kier alpha value is -1.59. The monoisotopic (exact) mass is 326 g/mol. The Bertz CT molecular complexity index is 518. The van der Waals surface area contributed by atoms with Crippen molar-refractivity contribution in [3.8, 4) is 0 Å². The van der Waals surface area contributed by atoms with Crippen molar-refractivity contribution in [1.29, 1.82) is 0 Å². The number of rotatable bonds is 8. The number of hydrogen-bond acceptors (Lipinski definition) is 3. The van der Waals surface area contributed by atoms with Gasteiger partial charge in [-0.3, -0.25) is 9.59 Å². The number of carbonyl (C=O) groups is 2. The molecule has 0 fully saturated rings. The van der Waals surface area contributed by atoms with Crippen molar-refractivity contribution in [3.63, 3.8) is 0 Å². The first kappa shape index (κ1) is 18.5. The average molecular weight is 327 g/mol. The number of benzene rings is 1. The molecule has 0 saturated carbocycles. The third kappa shape index (κ3) is 6.45. The van der Waals surface area contributed by atoms with Gasteiger partial charge in [0.1, 0.15) is 6.61 Å². The molecule has 0 aliphatic heterocycles. The van der Waals surface area contributed by atoms with Crippen LogP contribution in [0.25, 0.3) is 0 Å². The molecule has 0 radical (unpaired) electrons. The van der Waals surface area contributed by atoms with Crippen LogP contribution in [0.4, 0.5) is 5.69 Å². The average Bonchev–Trinajstić information content (AvgIpc) is 2.47. The lowest BCUT2D eigenvalue weighted by Crippen LogP contribution is -2.20. The molecule has 6 heteroatoms. The highest BCUT2D eigenvalue weighted by Gasteiger charge is 2.09. The number of hydrogen-bond donors (Lipinski definition) is 2. The van der Waals surface area contributed by atoms with Gasteiger partial charge in [-0.25, -0.2) is 0 Å². The van der Waals surface area contributed by atoms with E-state index in [1.54, 1.807) is 19.2 Å². The first-order valence-corrected chi connectivity index (χ1v) is 7.71. The van der Waals surface area contributed by atoms with Crippen LogP contribution in [-0.4, -0.2) is 32.1 Å². The second-order valence-corrected chi connectivity index (χ2v) is 5.82. The Morgan fingerprint density at radius 2 is 2.05 bits per heavy atom. The van der Waals surface area contributed by atoms with Gasteiger partial charge in [0.25, 0.3) is 5.91 Å². The minimum Gasteiger partial charge on any atom is -0.372 e. The fraction of sp³-hybridized carbons (Fsp3) is 0.500. The molecule has 122 valence electrons. The molecule has 2 amide bonds. The summed E-state index contributed by atoms with van der Waals surface area (Å²) < 4.78 is 5.32. The largest absolute Gasteiger partial charge is 0.372 e. The van der Waals surface area contributed by atoms with Crippen LogP contribution in [0.2, 0.25) is 5.02 Å². The molecule has 1 aromatic carbocycles. The van der Waals surface area contributed by atoms with Gasteiger partial charge in [0.2, 0.25) is 5.91 Å². The van der Waals surface area contributed by atoms with E-state index in [4.69, 9.17) is 16.3 Å². The van der Waals surface area contributed by atoms with E-state index in [1.165, 1.54) is 6.07 Å². The van der Waals surface area contributed by atoms with Gasteiger partial charge in [-0.1, -0.05) is 25.4 Å². The topological polar surface area (TPSA) is 67.4 Å². The summed E-state index contributed by atoms with van der Waals surface area (Å²) >= 11 is 6.06. The molecule has 5 nitrogen and oxygen atoms in total. The van der Waals surface area contributed by atoms with Crippen LogP contribution in [0.15, 0.2) is 18.2 Å². The Labute approximate surface area is 136 Å². The van der Waals surface area contributed by atoms with Gasteiger partial charge in [-0.15, -0.1) is 0 Å². The zero-order valence-electron chi connectivity index (χ0n) is 13.2. The summed E-state index contributed by atoms with van der Waals surface area (Å²) in [5.74, 6) is 0.141. The van der Waals surface area contributed by atoms with Crippen molar-refractivity contribution < 1.29 is 14.3 Å². The molecule has 0 aromatic heterocycles. The summed E-state index contributed by atoms with van der Waals surface area (Å²) in [4.78, 5) is 23.2. The minimum absolute atomic E-state index is 0.00831. The predicted molar refractivity (Wildman–Crippen MR) is 88.4 cm³/mol. The van der Waals surface area contributed by atoms with Gasteiger partial charge in [-0.2, -0.15) is 0 Å². The summed E-state index contributed by atoms with van der Waals surface area (Å²) in [6.45, 7) is 4.86. The van der Waals surface area contributed by atoms with E-state index in [9.17, 15) is 9.59 Å². The van der Waals surface area contributed by atoms with Crippen LogP contribution in [0, 0.1) is 5.92 Å². The van der Waals surface area contributed by atoms with Crippen LogP contribution in [0.1, 0.15) is 37.0 Å². The number of ether oxygens (including phenoxy) is 1. The molecular formula is C16H23ClN2O3. The summed E-state index contributed by atoms with van der Waals surface area (Å²) in [7, 11) is 1.54. The molecule has 22 heavy (non-hydrogen) atoms. The van der Waals surface area contributed by atoms with Crippen molar-refractivity contribution in [3.05, 3.63) is 28.8 Å². The number of anilines is 1. The Morgan fingerprint density at radius 3 is 2.64 bits per heavy atom. The third-order valence-electron chi connectivity index (χ3n) is 3.04. The number of nitrogens with one attached hydrogen (secondary N) is 2. The molecule has 0 unspecified atom stereocenters. The van der Waals surface area contributed by atoms with Crippen LogP contribution < -0.4 is 10.6 Å². The third-order valence-corrected chi connectivity index (χ3v) is 3.35. The first-order chi connectivity index (χ1) is 10.4. The highest BCUT2D eigenvalue weighted by atomic mass is 35.5. The maximum Gasteiger partial charge on any atom is 0.251 e. The zero-order chi connectivity index (χ0) is 16.5. The van der Waals surface area contributed by atoms with Crippen LogP contribution in [0.5, 0.6) is 0 Å². The van der Waals surface area contributed by atoms with Crippen molar-refractivity contribution >= 4 is 29.1 Å². The quantitative estimate of drug-likeness (QED) is 0.721. The number of halogens is 1. The minimum atomic E-state index is -0.265. The van der Waals surface area contributed by atoms with E-state index in [0.717, 1.165) is 12.8 Å². The maximum absolute atomic E-state index is 11.8. The molecule has 2 N–H and O–H groups in total. The van der Waals surface area contributed by atoms with E-state index in [2.05, 4.69) is 24.5 Å². The second-order valence-electron chi connectivity index (χ2n) is 5.41. The Balaban J connectivity index is 2.43. The van der Waals surface area contributed by atoms with Gasteiger partial charge < -0.3 is 15.4 Å². The summed E-state index contributed by atoms with van der Waals surface area (Å²) in [6, 6.07) is 4.72. The molecule has 0 saturated heterocycles. The summed E-state index contributed by atoms with van der Waals surface area (Å²) in [5.41, 5.74) is 0.903. The molecule has 0 aliphatic carbocycles.